The summed E-state index contributed by atoms with van der Waals surface area (Å²) >= 11 is 3.39. The van der Waals surface area contributed by atoms with Gasteiger partial charge in [0.05, 0.1) is 4.92 Å². The van der Waals surface area contributed by atoms with Gasteiger partial charge in [0.25, 0.3) is 0 Å². The molecule has 0 aliphatic carbocycles. The lowest BCUT2D eigenvalue weighted by Gasteiger charge is -2.01. The Hall–Kier alpha value is -1.68. The van der Waals surface area contributed by atoms with E-state index in [-0.39, 0.29) is 0 Å². The lowest BCUT2D eigenvalue weighted by Crippen LogP contribution is -1.84. The molecule has 0 radical (unpaired) electrons. The van der Waals surface area contributed by atoms with Gasteiger partial charge in [-0.15, -0.1) is 0 Å². The highest BCUT2D eigenvalue weighted by Gasteiger charge is 2.00. The summed E-state index contributed by atoms with van der Waals surface area (Å²) in [6.07, 6.45) is 2.42. The van der Waals surface area contributed by atoms with Crippen LogP contribution < -0.4 is 0 Å². The minimum Gasteiger partial charge on any atom is -0.259 e. The number of nitrogens with zero attached hydrogens (tertiary/aromatic N) is 1. The maximum atomic E-state index is 10.3. The van der Waals surface area contributed by atoms with Crippen molar-refractivity contribution in [1.82, 2.24) is 0 Å². The van der Waals surface area contributed by atoms with E-state index >= 15 is 0 Å². The van der Waals surface area contributed by atoms with Crippen LogP contribution in [-0.4, -0.2) is 4.92 Å². The van der Waals surface area contributed by atoms with Gasteiger partial charge < -0.3 is 0 Å². The first-order valence-electron chi connectivity index (χ1n) is 4.67. The second-order valence-corrected chi connectivity index (χ2v) is 4.18. The molecule has 0 N–H and O–H groups in total. The Bertz CT molecular complexity index is 578. The van der Waals surface area contributed by atoms with Crippen LogP contribution in [0.15, 0.2) is 47.1 Å². The van der Waals surface area contributed by atoms with Crippen LogP contribution in [0.3, 0.4) is 0 Å². The van der Waals surface area contributed by atoms with Crippen LogP contribution >= 0.6 is 15.9 Å². The number of nitro groups is 1. The van der Waals surface area contributed by atoms with Crippen LogP contribution in [0, 0.1) is 10.1 Å². The van der Waals surface area contributed by atoms with Gasteiger partial charge in [-0.05, 0) is 28.5 Å². The first kappa shape index (κ1) is 10.8. The van der Waals surface area contributed by atoms with Crippen LogP contribution in [0.25, 0.3) is 16.8 Å². The Kier molecular flexibility index (Phi) is 3.01. The maximum absolute atomic E-state index is 10.3. The molecule has 0 saturated heterocycles. The van der Waals surface area contributed by atoms with Crippen molar-refractivity contribution in [2.45, 2.75) is 0 Å². The number of hydrogen-bond acceptors (Lipinski definition) is 2. The zero-order chi connectivity index (χ0) is 11.5. The van der Waals surface area contributed by atoms with E-state index in [4.69, 9.17) is 0 Å². The van der Waals surface area contributed by atoms with Crippen LogP contribution in [-0.2, 0) is 0 Å². The van der Waals surface area contributed by atoms with Crippen molar-refractivity contribution in [2.24, 2.45) is 0 Å². The van der Waals surface area contributed by atoms with E-state index < -0.39 is 4.92 Å². The molecule has 0 unspecified atom stereocenters. The summed E-state index contributed by atoms with van der Waals surface area (Å²) in [6.45, 7) is 0. The van der Waals surface area contributed by atoms with Crippen molar-refractivity contribution in [3.05, 3.63) is 62.7 Å². The van der Waals surface area contributed by atoms with Crippen LogP contribution in [0.1, 0.15) is 5.56 Å². The highest BCUT2D eigenvalue weighted by Crippen LogP contribution is 2.25. The zero-order valence-corrected chi connectivity index (χ0v) is 9.85. The summed E-state index contributed by atoms with van der Waals surface area (Å²) < 4.78 is 0.851. The van der Waals surface area contributed by atoms with Gasteiger partial charge in [0.1, 0.15) is 0 Å². The predicted molar refractivity (Wildman–Crippen MR) is 67.7 cm³/mol. The highest BCUT2D eigenvalue weighted by atomic mass is 79.9. The molecular formula is C12H8BrNO2. The van der Waals surface area contributed by atoms with E-state index in [2.05, 4.69) is 15.9 Å². The fraction of sp³-hybridized carbons (Fsp3) is 0. The molecule has 3 nitrogen and oxygen atoms in total. The third-order valence-corrected chi connectivity index (χ3v) is 2.93. The van der Waals surface area contributed by atoms with Crippen molar-refractivity contribution in [1.29, 1.82) is 0 Å². The summed E-state index contributed by atoms with van der Waals surface area (Å²) in [5, 5.41) is 12.4. The lowest BCUT2D eigenvalue weighted by molar-refractivity contribution is -0.400. The molecule has 0 amide bonds. The van der Waals surface area contributed by atoms with Gasteiger partial charge in [0.15, 0.2) is 0 Å². The third kappa shape index (κ3) is 2.28. The molecule has 16 heavy (non-hydrogen) atoms. The average molecular weight is 278 g/mol. The summed E-state index contributed by atoms with van der Waals surface area (Å²) in [4.78, 5) is 9.78. The van der Waals surface area contributed by atoms with E-state index in [1.54, 1.807) is 0 Å². The van der Waals surface area contributed by atoms with Crippen molar-refractivity contribution in [3.63, 3.8) is 0 Å². The van der Waals surface area contributed by atoms with Crippen LogP contribution in [0.4, 0.5) is 0 Å². The molecule has 0 bridgehead atoms. The number of rotatable bonds is 2. The predicted octanol–water partition coefficient (Wildman–Crippen LogP) is 3.85. The Balaban J connectivity index is 2.54. The van der Waals surface area contributed by atoms with Gasteiger partial charge in [-0.1, -0.05) is 40.2 Å². The zero-order valence-electron chi connectivity index (χ0n) is 8.26. The van der Waals surface area contributed by atoms with Gasteiger partial charge in [0, 0.05) is 10.5 Å². The summed E-state index contributed by atoms with van der Waals surface area (Å²) in [5.41, 5.74) is 0.801. The number of hydrogen-bond donors (Lipinski definition) is 0. The first-order valence-corrected chi connectivity index (χ1v) is 5.46. The largest absolute Gasteiger partial charge is 0.259 e. The molecular weight excluding hydrogens is 270 g/mol. The van der Waals surface area contributed by atoms with Crippen molar-refractivity contribution < 1.29 is 4.92 Å². The molecule has 0 aliphatic rings. The second kappa shape index (κ2) is 4.45. The number of benzene rings is 2. The summed E-state index contributed by atoms with van der Waals surface area (Å²) in [6, 6.07) is 11.7. The van der Waals surface area contributed by atoms with Crippen LogP contribution in [0.2, 0.25) is 0 Å². The number of fused-ring (bicyclic) bond motifs is 1. The SMILES string of the molecule is O=[N+]([O-])C=Cc1cc2ccccc2cc1Br. The fourth-order valence-electron chi connectivity index (χ4n) is 1.50. The van der Waals surface area contributed by atoms with Gasteiger partial charge in [0.2, 0.25) is 6.20 Å². The molecule has 0 heterocycles. The Labute approximate surface area is 101 Å². The summed E-state index contributed by atoms with van der Waals surface area (Å²) in [5.74, 6) is 0. The van der Waals surface area contributed by atoms with E-state index in [9.17, 15) is 10.1 Å². The van der Waals surface area contributed by atoms with Gasteiger partial charge in [-0.2, -0.15) is 0 Å². The molecule has 4 heteroatoms. The smallest absolute Gasteiger partial charge is 0.235 e. The average Bonchev–Trinajstić information content (AvgIpc) is 2.26. The Morgan fingerprint density at radius 2 is 1.81 bits per heavy atom. The van der Waals surface area contributed by atoms with E-state index in [0.717, 1.165) is 27.0 Å². The topological polar surface area (TPSA) is 43.1 Å². The molecule has 0 saturated carbocycles. The van der Waals surface area contributed by atoms with Crippen LogP contribution in [0.5, 0.6) is 0 Å². The molecule has 0 spiro atoms. The molecule has 2 aromatic carbocycles. The third-order valence-electron chi connectivity index (χ3n) is 2.24. The lowest BCUT2D eigenvalue weighted by atomic mass is 10.1. The van der Waals surface area contributed by atoms with E-state index in [1.165, 1.54) is 6.08 Å². The second-order valence-electron chi connectivity index (χ2n) is 3.32. The first-order chi connectivity index (χ1) is 7.66. The van der Waals surface area contributed by atoms with Gasteiger partial charge in [-0.25, -0.2) is 0 Å². The van der Waals surface area contributed by atoms with Crippen molar-refractivity contribution in [3.8, 4) is 0 Å². The Morgan fingerprint density at radius 3 is 2.44 bits per heavy atom. The summed E-state index contributed by atoms with van der Waals surface area (Å²) in [7, 11) is 0. The standard InChI is InChI=1S/C12H8BrNO2/c13-12-8-10-4-2-1-3-9(10)7-11(12)5-6-14(15)16/h1-8H. The molecule has 0 fully saturated rings. The molecule has 0 atom stereocenters. The minimum atomic E-state index is -0.471. The van der Waals surface area contributed by atoms with Crippen molar-refractivity contribution >= 4 is 32.8 Å². The van der Waals surface area contributed by atoms with Gasteiger partial charge in [-0.3, -0.25) is 10.1 Å². The maximum Gasteiger partial charge on any atom is 0.235 e. The molecule has 2 rings (SSSR count). The molecule has 0 aliphatic heterocycles. The number of halogens is 1. The van der Waals surface area contributed by atoms with Crippen molar-refractivity contribution in [2.75, 3.05) is 0 Å². The molecule has 2 aromatic rings. The fourth-order valence-corrected chi connectivity index (χ4v) is 1.99. The monoisotopic (exact) mass is 277 g/mol. The molecule has 0 aromatic heterocycles. The normalized spacial score (nSPS) is 11.1. The van der Waals surface area contributed by atoms with Gasteiger partial charge >= 0.3 is 0 Å². The minimum absolute atomic E-state index is 0.471. The van der Waals surface area contributed by atoms with E-state index in [0.29, 0.717) is 0 Å². The van der Waals surface area contributed by atoms with E-state index in [1.807, 2.05) is 36.4 Å². The Morgan fingerprint density at radius 1 is 1.19 bits per heavy atom. The molecule has 80 valence electrons. The quantitative estimate of drug-likeness (QED) is 0.618. The highest BCUT2D eigenvalue weighted by molar-refractivity contribution is 9.10.